The molecule has 5 rings (SSSR count). The Morgan fingerprint density at radius 1 is 1.17 bits per heavy atom. The molecule has 1 aliphatic carbocycles. The Bertz CT molecular complexity index is 809. The zero-order chi connectivity index (χ0) is 19.8. The zero-order valence-corrected chi connectivity index (χ0v) is 17.2. The summed E-state index contributed by atoms with van der Waals surface area (Å²) in [6.45, 7) is 5.15. The Morgan fingerprint density at radius 2 is 2.03 bits per heavy atom. The van der Waals surface area contributed by atoms with E-state index in [1.165, 1.54) is 37.7 Å². The molecule has 154 valence electrons. The number of nitriles is 1. The van der Waals surface area contributed by atoms with Gasteiger partial charge in [-0.05, 0) is 69.2 Å². The summed E-state index contributed by atoms with van der Waals surface area (Å²) in [5, 5.41) is 9.24. The van der Waals surface area contributed by atoms with Crippen molar-refractivity contribution in [3.05, 3.63) is 29.3 Å². The third-order valence-electron chi connectivity index (χ3n) is 7.73. The lowest BCUT2D eigenvalue weighted by atomic mass is 9.83. The van der Waals surface area contributed by atoms with Gasteiger partial charge in [0.25, 0.3) is 0 Å². The summed E-state index contributed by atoms with van der Waals surface area (Å²) in [6, 6.07) is 8.65. The Balaban J connectivity index is 1.13. The van der Waals surface area contributed by atoms with E-state index >= 15 is 0 Å². The van der Waals surface area contributed by atoms with Gasteiger partial charge < -0.3 is 14.5 Å². The molecular formula is C24H31N3O2. The molecular weight excluding hydrogens is 362 g/mol. The Kier molecular flexibility index (Phi) is 5.22. The maximum atomic E-state index is 12.0. The minimum absolute atomic E-state index is 0.384. The minimum Gasteiger partial charge on any atom is -0.493 e. The van der Waals surface area contributed by atoms with Crippen LogP contribution in [0.5, 0.6) is 5.75 Å². The van der Waals surface area contributed by atoms with Crippen molar-refractivity contribution in [2.45, 2.75) is 56.9 Å². The fourth-order valence-electron chi connectivity index (χ4n) is 6.07. The van der Waals surface area contributed by atoms with Gasteiger partial charge in [0.1, 0.15) is 5.75 Å². The lowest BCUT2D eigenvalue weighted by Gasteiger charge is -2.35. The molecule has 3 heterocycles. The number of amides is 1. The van der Waals surface area contributed by atoms with E-state index in [1.54, 1.807) is 0 Å². The van der Waals surface area contributed by atoms with Crippen molar-refractivity contribution in [3.8, 4) is 11.8 Å². The van der Waals surface area contributed by atoms with E-state index in [2.05, 4.69) is 15.9 Å². The highest BCUT2D eigenvalue weighted by Crippen LogP contribution is 2.42. The summed E-state index contributed by atoms with van der Waals surface area (Å²) in [5.74, 6) is 3.22. The van der Waals surface area contributed by atoms with Crippen LogP contribution in [-0.2, 0) is 4.79 Å². The Labute approximate surface area is 173 Å². The number of ether oxygens (including phenoxy) is 1. The maximum Gasteiger partial charge on any atom is 0.222 e. The largest absolute Gasteiger partial charge is 0.493 e. The van der Waals surface area contributed by atoms with Gasteiger partial charge in [-0.1, -0.05) is 0 Å². The molecule has 1 aromatic carbocycles. The smallest absolute Gasteiger partial charge is 0.222 e. The molecule has 2 atom stereocenters. The van der Waals surface area contributed by atoms with Crippen LogP contribution in [0.15, 0.2) is 18.2 Å². The van der Waals surface area contributed by atoms with Gasteiger partial charge in [0.15, 0.2) is 0 Å². The molecule has 1 saturated carbocycles. The van der Waals surface area contributed by atoms with Crippen LogP contribution in [-0.4, -0.2) is 54.5 Å². The number of nitrogens with zero attached hydrogens (tertiary/aromatic N) is 3. The van der Waals surface area contributed by atoms with Crippen LogP contribution in [0.3, 0.4) is 0 Å². The molecule has 2 saturated heterocycles. The van der Waals surface area contributed by atoms with Gasteiger partial charge in [0, 0.05) is 49.5 Å². The van der Waals surface area contributed by atoms with E-state index in [4.69, 9.17) is 4.74 Å². The van der Waals surface area contributed by atoms with Crippen LogP contribution in [0, 0.1) is 23.2 Å². The molecule has 3 aliphatic heterocycles. The fourth-order valence-corrected chi connectivity index (χ4v) is 6.07. The summed E-state index contributed by atoms with van der Waals surface area (Å²) in [4.78, 5) is 16.8. The summed E-state index contributed by atoms with van der Waals surface area (Å²) in [7, 11) is 0. The first-order valence-electron chi connectivity index (χ1n) is 11.4. The maximum absolute atomic E-state index is 12.0. The number of carbonyl (C=O) groups excluding carboxylic acids is 1. The van der Waals surface area contributed by atoms with Crippen molar-refractivity contribution < 1.29 is 9.53 Å². The van der Waals surface area contributed by atoms with Crippen LogP contribution in [0.2, 0.25) is 0 Å². The first-order valence-corrected chi connectivity index (χ1v) is 11.4. The van der Waals surface area contributed by atoms with Gasteiger partial charge in [0.05, 0.1) is 18.2 Å². The van der Waals surface area contributed by atoms with Crippen molar-refractivity contribution in [2.75, 3.05) is 32.8 Å². The van der Waals surface area contributed by atoms with Crippen molar-refractivity contribution >= 4 is 5.91 Å². The zero-order valence-electron chi connectivity index (χ0n) is 17.2. The molecule has 5 heteroatoms. The quantitative estimate of drug-likeness (QED) is 0.785. The van der Waals surface area contributed by atoms with Crippen LogP contribution in [0.1, 0.15) is 62.0 Å². The Morgan fingerprint density at radius 3 is 2.79 bits per heavy atom. The monoisotopic (exact) mass is 393 g/mol. The first kappa shape index (κ1) is 18.9. The molecule has 0 spiro atoms. The van der Waals surface area contributed by atoms with Crippen LogP contribution in [0.25, 0.3) is 0 Å². The average Bonchev–Trinajstić information content (AvgIpc) is 3.38. The molecule has 1 amide bonds. The second-order valence-electron chi connectivity index (χ2n) is 9.46. The van der Waals surface area contributed by atoms with Crippen molar-refractivity contribution in [1.82, 2.24) is 9.80 Å². The van der Waals surface area contributed by atoms with Crippen LogP contribution >= 0.6 is 0 Å². The lowest BCUT2D eigenvalue weighted by Crippen LogP contribution is -2.39. The number of likely N-dealkylation sites (tertiary alicyclic amines) is 2. The van der Waals surface area contributed by atoms with Gasteiger partial charge in [-0.25, -0.2) is 0 Å². The van der Waals surface area contributed by atoms with Gasteiger partial charge in [-0.2, -0.15) is 5.26 Å². The molecule has 29 heavy (non-hydrogen) atoms. The van der Waals surface area contributed by atoms with E-state index < -0.39 is 0 Å². The van der Waals surface area contributed by atoms with E-state index in [1.807, 2.05) is 18.2 Å². The highest BCUT2D eigenvalue weighted by Gasteiger charge is 2.39. The number of carbonyl (C=O) groups is 1. The number of rotatable bonds is 4. The third-order valence-corrected chi connectivity index (χ3v) is 7.73. The predicted octanol–water partition coefficient (Wildman–Crippen LogP) is 3.54. The number of hydrogen-bond donors (Lipinski definition) is 0. The predicted molar refractivity (Wildman–Crippen MR) is 111 cm³/mol. The van der Waals surface area contributed by atoms with E-state index in [-0.39, 0.29) is 0 Å². The third kappa shape index (κ3) is 3.75. The van der Waals surface area contributed by atoms with Gasteiger partial charge >= 0.3 is 0 Å². The second-order valence-corrected chi connectivity index (χ2v) is 9.46. The SMILES string of the molecule is N#Cc1ccc2c(c1)[C@@H]1CN(CCC3CCC(N4CCCC4=O)CC3)C[C@H]1CO2. The molecule has 5 nitrogen and oxygen atoms in total. The van der Waals surface area contributed by atoms with Crippen molar-refractivity contribution in [2.24, 2.45) is 11.8 Å². The van der Waals surface area contributed by atoms with Crippen LogP contribution < -0.4 is 4.74 Å². The van der Waals surface area contributed by atoms with Crippen molar-refractivity contribution in [1.29, 1.82) is 5.26 Å². The number of fused-ring (bicyclic) bond motifs is 3. The van der Waals surface area contributed by atoms with E-state index in [0.29, 0.717) is 23.8 Å². The number of benzene rings is 1. The van der Waals surface area contributed by atoms with E-state index in [9.17, 15) is 10.1 Å². The highest BCUT2D eigenvalue weighted by molar-refractivity contribution is 5.78. The number of hydrogen-bond acceptors (Lipinski definition) is 4. The molecule has 1 aromatic rings. The molecule has 0 N–H and O–H groups in total. The van der Waals surface area contributed by atoms with Gasteiger partial charge in [-0.15, -0.1) is 0 Å². The molecule has 0 bridgehead atoms. The lowest BCUT2D eigenvalue weighted by molar-refractivity contribution is -0.130. The van der Waals surface area contributed by atoms with Crippen molar-refractivity contribution in [3.63, 3.8) is 0 Å². The molecule has 0 radical (unpaired) electrons. The topological polar surface area (TPSA) is 56.6 Å². The standard InChI is InChI=1S/C24H31N3O2/c25-13-18-5-8-23-21(12-18)22-15-26(14-19(22)16-29-23)11-9-17-3-6-20(7-4-17)27-10-1-2-24(27)28/h5,8,12,17,19-20,22H,1-4,6-7,9-11,14-16H2/t17?,19-,20?,22+/m0/s1. The first-order chi connectivity index (χ1) is 14.2. The average molecular weight is 394 g/mol. The summed E-state index contributed by atoms with van der Waals surface area (Å²) in [5.41, 5.74) is 1.97. The van der Waals surface area contributed by atoms with Gasteiger partial charge in [-0.3, -0.25) is 4.79 Å². The van der Waals surface area contributed by atoms with Gasteiger partial charge in [0.2, 0.25) is 5.91 Å². The van der Waals surface area contributed by atoms with Crippen LogP contribution in [0.4, 0.5) is 0 Å². The highest BCUT2D eigenvalue weighted by atomic mass is 16.5. The summed E-state index contributed by atoms with van der Waals surface area (Å²) in [6.07, 6.45) is 8.02. The second kappa shape index (κ2) is 7.99. The molecule has 3 fully saturated rings. The summed E-state index contributed by atoms with van der Waals surface area (Å²) >= 11 is 0. The van der Waals surface area contributed by atoms with E-state index in [0.717, 1.165) is 62.9 Å². The molecule has 4 aliphatic rings. The normalized spacial score (nSPS) is 31.8. The molecule has 0 unspecified atom stereocenters. The molecule has 0 aromatic heterocycles. The Hall–Kier alpha value is -2.06. The minimum atomic E-state index is 0.384. The summed E-state index contributed by atoms with van der Waals surface area (Å²) < 4.78 is 5.98. The fraction of sp³-hybridized carbons (Fsp3) is 0.667.